The summed E-state index contributed by atoms with van der Waals surface area (Å²) in [6.45, 7) is 1.71. The van der Waals surface area contributed by atoms with E-state index in [0.29, 0.717) is 4.88 Å². The molecule has 0 aliphatic rings. The molecule has 0 aromatic carbocycles. The van der Waals surface area contributed by atoms with E-state index in [1.165, 1.54) is 22.3 Å². The van der Waals surface area contributed by atoms with Crippen LogP contribution in [0.5, 0.6) is 0 Å². The third-order valence-corrected chi connectivity index (χ3v) is 4.02. The van der Waals surface area contributed by atoms with Gasteiger partial charge in [0.25, 0.3) is 0 Å². The molecule has 3 heteroatoms. The van der Waals surface area contributed by atoms with E-state index < -0.39 is 0 Å². The summed E-state index contributed by atoms with van der Waals surface area (Å²) in [5.41, 5.74) is 0. The molecular weight excluding hydrogens is 215 g/mol. The van der Waals surface area contributed by atoms with E-state index in [9.17, 15) is 4.39 Å². The van der Waals surface area contributed by atoms with Gasteiger partial charge in [-0.05, 0) is 30.5 Å². The number of hydrogen-bond acceptors (Lipinski definition) is 2. The quantitative estimate of drug-likeness (QED) is 0.687. The molecule has 0 saturated heterocycles. The second-order valence-electron chi connectivity index (χ2n) is 2.78. The molecular formula is C11H9FS2. The molecule has 2 aromatic rings. The minimum Gasteiger partial charge on any atom is -0.206 e. The molecule has 14 heavy (non-hydrogen) atoms. The van der Waals surface area contributed by atoms with Gasteiger partial charge in [-0.15, -0.1) is 22.7 Å². The van der Waals surface area contributed by atoms with Gasteiger partial charge in [-0.1, -0.05) is 12.1 Å². The number of rotatable bonds is 2. The van der Waals surface area contributed by atoms with E-state index >= 15 is 0 Å². The van der Waals surface area contributed by atoms with E-state index in [2.05, 4.69) is 0 Å². The van der Waals surface area contributed by atoms with Gasteiger partial charge in [0.05, 0.1) is 4.88 Å². The van der Waals surface area contributed by atoms with Crippen molar-refractivity contribution in [3.63, 3.8) is 0 Å². The number of hydrogen-bond donors (Lipinski definition) is 0. The maximum atomic E-state index is 13.2. The number of thiophene rings is 2. The fourth-order valence-corrected chi connectivity index (χ4v) is 2.97. The molecule has 0 aliphatic carbocycles. The molecule has 72 valence electrons. The molecule has 2 rings (SSSR count). The molecule has 2 heterocycles. The minimum absolute atomic E-state index is 0.141. The van der Waals surface area contributed by atoms with Crippen molar-refractivity contribution >= 4 is 28.5 Å². The van der Waals surface area contributed by atoms with Crippen LogP contribution in [0, 0.1) is 0 Å². The van der Waals surface area contributed by atoms with Gasteiger partial charge in [0, 0.05) is 9.75 Å². The summed E-state index contributed by atoms with van der Waals surface area (Å²) in [7, 11) is 0. The second kappa shape index (κ2) is 4.07. The first-order chi connectivity index (χ1) is 6.81. The average molecular weight is 224 g/mol. The van der Waals surface area contributed by atoms with Gasteiger partial charge in [0.15, 0.2) is 0 Å². The van der Waals surface area contributed by atoms with Crippen molar-refractivity contribution < 1.29 is 4.39 Å². The van der Waals surface area contributed by atoms with Crippen LogP contribution in [0.3, 0.4) is 0 Å². The zero-order valence-electron chi connectivity index (χ0n) is 7.66. The molecule has 0 aliphatic heterocycles. The third-order valence-electron chi connectivity index (χ3n) is 1.86. The summed E-state index contributed by atoms with van der Waals surface area (Å²) in [5.74, 6) is -0.141. The Kier molecular flexibility index (Phi) is 2.79. The lowest BCUT2D eigenvalue weighted by Gasteiger charge is -1.89. The lowest BCUT2D eigenvalue weighted by Crippen LogP contribution is -1.64. The highest BCUT2D eigenvalue weighted by atomic mass is 32.1. The predicted octanol–water partition coefficient (Wildman–Crippen LogP) is 4.81. The fraction of sp³-hybridized carbons (Fsp3) is 0.0909. The van der Waals surface area contributed by atoms with Crippen LogP contribution in [0.4, 0.5) is 4.39 Å². The molecule has 0 spiro atoms. The first-order valence-corrected chi connectivity index (χ1v) is 5.97. The lowest BCUT2D eigenvalue weighted by atomic mass is 10.3. The third kappa shape index (κ3) is 1.79. The van der Waals surface area contributed by atoms with Crippen molar-refractivity contribution in [2.45, 2.75) is 6.92 Å². The Morgan fingerprint density at radius 1 is 1.29 bits per heavy atom. The van der Waals surface area contributed by atoms with E-state index in [4.69, 9.17) is 0 Å². The van der Waals surface area contributed by atoms with Gasteiger partial charge in [-0.2, -0.15) is 0 Å². The topological polar surface area (TPSA) is 0 Å². The Labute approximate surface area is 90.3 Å². The molecule has 0 saturated carbocycles. The average Bonchev–Trinajstić information content (AvgIpc) is 2.86. The SMILES string of the molecule is C/C=C(\F)c1ccc(-c2cccs2)s1. The summed E-state index contributed by atoms with van der Waals surface area (Å²) < 4.78 is 13.2. The van der Waals surface area contributed by atoms with E-state index in [1.807, 2.05) is 29.6 Å². The Balaban J connectivity index is 2.36. The van der Waals surface area contributed by atoms with E-state index in [0.717, 1.165) is 4.88 Å². The molecule has 0 N–H and O–H groups in total. The van der Waals surface area contributed by atoms with Crippen LogP contribution in [0.25, 0.3) is 15.6 Å². The maximum Gasteiger partial charge on any atom is 0.136 e. The van der Waals surface area contributed by atoms with Crippen molar-refractivity contribution in [2.24, 2.45) is 0 Å². The molecule has 0 nitrogen and oxygen atoms in total. The minimum atomic E-state index is -0.141. The summed E-state index contributed by atoms with van der Waals surface area (Å²) in [5, 5.41) is 2.03. The largest absolute Gasteiger partial charge is 0.206 e. The highest BCUT2D eigenvalue weighted by Gasteiger charge is 2.06. The summed E-state index contributed by atoms with van der Waals surface area (Å²) in [4.78, 5) is 3.04. The monoisotopic (exact) mass is 224 g/mol. The van der Waals surface area contributed by atoms with E-state index in [-0.39, 0.29) is 5.83 Å². The number of halogens is 1. The van der Waals surface area contributed by atoms with Crippen LogP contribution in [0.15, 0.2) is 35.7 Å². The van der Waals surface area contributed by atoms with Crippen LogP contribution in [-0.4, -0.2) is 0 Å². The second-order valence-corrected chi connectivity index (χ2v) is 4.81. The smallest absolute Gasteiger partial charge is 0.136 e. The van der Waals surface area contributed by atoms with Gasteiger partial charge in [-0.25, -0.2) is 4.39 Å². The van der Waals surface area contributed by atoms with Gasteiger partial charge in [-0.3, -0.25) is 0 Å². The van der Waals surface area contributed by atoms with Crippen LogP contribution in [-0.2, 0) is 0 Å². The first-order valence-electron chi connectivity index (χ1n) is 4.27. The van der Waals surface area contributed by atoms with Crippen molar-refractivity contribution in [1.29, 1.82) is 0 Å². The van der Waals surface area contributed by atoms with Crippen molar-refractivity contribution in [2.75, 3.05) is 0 Å². The first kappa shape index (κ1) is 9.62. The summed E-state index contributed by atoms with van der Waals surface area (Å²) >= 11 is 3.17. The van der Waals surface area contributed by atoms with Crippen LogP contribution < -0.4 is 0 Å². The Morgan fingerprint density at radius 2 is 2.14 bits per heavy atom. The van der Waals surface area contributed by atoms with Crippen LogP contribution in [0.2, 0.25) is 0 Å². The Morgan fingerprint density at radius 3 is 2.79 bits per heavy atom. The normalized spacial score (nSPS) is 12.0. The summed E-state index contributed by atoms with van der Waals surface area (Å²) in [6.07, 6.45) is 1.49. The highest BCUT2D eigenvalue weighted by Crippen LogP contribution is 2.34. The zero-order valence-corrected chi connectivity index (χ0v) is 9.29. The molecule has 2 aromatic heterocycles. The van der Waals surface area contributed by atoms with Crippen molar-refractivity contribution in [3.05, 3.63) is 40.6 Å². The van der Waals surface area contributed by atoms with Gasteiger partial charge in [0.1, 0.15) is 5.83 Å². The molecule has 0 unspecified atom stereocenters. The zero-order chi connectivity index (χ0) is 9.97. The van der Waals surface area contributed by atoms with Crippen molar-refractivity contribution in [1.82, 2.24) is 0 Å². The maximum absolute atomic E-state index is 13.2. The van der Waals surface area contributed by atoms with Gasteiger partial charge in [0.2, 0.25) is 0 Å². The molecule has 0 radical (unpaired) electrons. The molecule has 0 amide bonds. The standard InChI is InChI=1S/C11H9FS2/c1-2-8(12)9-5-6-11(14-9)10-4-3-7-13-10/h2-7H,1H3/b8-2-. The van der Waals surface area contributed by atoms with Gasteiger partial charge < -0.3 is 0 Å². The van der Waals surface area contributed by atoms with Crippen molar-refractivity contribution in [3.8, 4) is 9.75 Å². The molecule has 0 fully saturated rings. The number of allylic oxidation sites excluding steroid dienone is 1. The fourth-order valence-electron chi connectivity index (χ4n) is 1.16. The predicted molar refractivity (Wildman–Crippen MR) is 62.4 cm³/mol. The Bertz CT molecular complexity index is 438. The summed E-state index contributed by atoms with van der Waals surface area (Å²) in [6, 6.07) is 7.85. The van der Waals surface area contributed by atoms with E-state index in [1.54, 1.807) is 18.3 Å². The van der Waals surface area contributed by atoms with Crippen LogP contribution in [0.1, 0.15) is 11.8 Å². The van der Waals surface area contributed by atoms with Gasteiger partial charge >= 0.3 is 0 Å². The molecule has 0 bridgehead atoms. The lowest BCUT2D eigenvalue weighted by molar-refractivity contribution is 0.762. The van der Waals surface area contributed by atoms with Crippen LogP contribution >= 0.6 is 22.7 Å². The Hall–Kier alpha value is -0.930. The molecule has 0 atom stereocenters. The highest BCUT2D eigenvalue weighted by molar-refractivity contribution is 7.21.